The van der Waals surface area contributed by atoms with Crippen LogP contribution >= 0.6 is 27.3 Å². The largest absolute Gasteiger partial charge is 0.397 e. The molecule has 2 aromatic rings. The van der Waals surface area contributed by atoms with Gasteiger partial charge in [0, 0.05) is 4.88 Å². The van der Waals surface area contributed by atoms with Crippen LogP contribution in [0.15, 0.2) is 22.7 Å². The molecule has 1 aromatic heterocycles. The maximum atomic E-state index is 13.3. The van der Waals surface area contributed by atoms with Gasteiger partial charge in [0.1, 0.15) is 16.8 Å². The minimum atomic E-state index is -0.300. The normalized spacial score (nSPS) is 10.4. The minimum Gasteiger partial charge on any atom is -0.397 e. The molecule has 1 aromatic carbocycles. The summed E-state index contributed by atoms with van der Waals surface area (Å²) in [6, 6.07) is 6.97. The van der Waals surface area contributed by atoms with Crippen molar-refractivity contribution < 1.29 is 4.39 Å². The molecule has 1 heterocycles. The molecular weight excluding hydrogens is 327 g/mol. The Morgan fingerprint density at radius 3 is 2.79 bits per heavy atom. The highest BCUT2D eigenvalue weighted by atomic mass is 79.9. The van der Waals surface area contributed by atoms with Crippen molar-refractivity contribution >= 4 is 33.0 Å². The molecule has 5 heteroatoms. The lowest BCUT2D eigenvalue weighted by Gasteiger charge is -2.05. The maximum absolute atomic E-state index is 13.3. The van der Waals surface area contributed by atoms with Crippen molar-refractivity contribution in [2.75, 3.05) is 5.73 Å². The van der Waals surface area contributed by atoms with Crippen molar-refractivity contribution in [3.63, 3.8) is 0 Å². The molecule has 0 aliphatic heterocycles. The molecule has 2 nitrogen and oxygen atoms in total. The molecule has 2 N–H and O–H groups in total. The van der Waals surface area contributed by atoms with E-state index in [-0.39, 0.29) is 5.82 Å². The molecule has 0 unspecified atom stereocenters. The Hall–Kier alpha value is -1.38. The highest BCUT2D eigenvalue weighted by molar-refractivity contribution is 9.10. The van der Waals surface area contributed by atoms with Crippen LogP contribution < -0.4 is 5.73 Å². The van der Waals surface area contributed by atoms with Crippen LogP contribution in [-0.2, 0) is 6.42 Å². The van der Waals surface area contributed by atoms with Crippen LogP contribution in [0.4, 0.5) is 10.1 Å². The monoisotopic (exact) mass is 338 g/mol. The average Bonchev–Trinajstić information content (AvgIpc) is 2.71. The summed E-state index contributed by atoms with van der Waals surface area (Å²) in [6.45, 7) is 2.06. The maximum Gasteiger partial charge on any atom is 0.137 e. The van der Waals surface area contributed by atoms with Crippen molar-refractivity contribution in [3.05, 3.63) is 38.9 Å². The van der Waals surface area contributed by atoms with Crippen LogP contribution in [-0.4, -0.2) is 0 Å². The fourth-order valence-corrected chi connectivity index (χ4v) is 3.37. The predicted octanol–water partition coefficient (Wildman–Crippen LogP) is 4.72. The number of benzene rings is 1. The van der Waals surface area contributed by atoms with Crippen molar-refractivity contribution in [3.8, 4) is 16.5 Å². The first-order chi connectivity index (χ1) is 9.08. The van der Waals surface area contributed by atoms with E-state index < -0.39 is 0 Å². The van der Waals surface area contributed by atoms with Gasteiger partial charge in [-0.15, -0.1) is 11.3 Å². The molecule has 0 aliphatic rings. The minimum absolute atomic E-state index is 0.300. The molecule has 2 rings (SSSR count). The van der Waals surface area contributed by atoms with E-state index in [2.05, 4.69) is 28.9 Å². The van der Waals surface area contributed by atoms with Crippen LogP contribution in [0, 0.1) is 17.1 Å². The number of nitrogens with zero attached hydrogens (tertiary/aromatic N) is 1. The van der Waals surface area contributed by atoms with Gasteiger partial charge >= 0.3 is 0 Å². The topological polar surface area (TPSA) is 49.8 Å². The summed E-state index contributed by atoms with van der Waals surface area (Å²) in [5.41, 5.74) is 8.44. The summed E-state index contributed by atoms with van der Waals surface area (Å²) in [4.78, 5) is 1.48. The summed E-state index contributed by atoms with van der Waals surface area (Å²) in [6.07, 6.45) is 1.76. The number of halogens is 2. The first-order valence-electron chi connectivity index (χ1n) is 5.85. The van der Waals surface area contributed by atoms with E-state index in [0.717, 1.165) is 28.8 Å². The zero-order valence-electron chi connectivity index (χ0n) is 10.3. The molecule has 19 heavy (non-hydrogen) atoms. The van der Waals surface area contributed by atoms with Gasteiger partial charge < -0.3 is 5.73 Å². The molecule has 98 valence electrons. The molecule has 0 saturated carbocycles. The fraction of sp³-hybridized carbons (Fsp3) is 0.214. The van der Waals surface area contributed by atoms with Crippen LogP contribution in [0.2, 0.25) is 0 Å². The van der Waals surface area contributed by atoms with Gasteiger partial charge in [0.2, 0.25) is 0 Å². The summed E-state index contributed by atoms with van der Waals surface area (Å²) in [5.74, 6) is -0.300. The molecule has 0 amide bonds. The SMILES string of the molecule is CCCc1c(-c2ccc(F)c(Br)c2)sc(C#N)c1N. The molecular formula is C14H12BrFN2S. The lowest BCUT2D eigenvalue weighted by atomic mass is 10.0. The standard InChI is InChI=1S/C14H12BrFN2S/c1-2-3-9-13(18)12(7-17)19-14(9)8-4-5-11(16)10(15)6-8/h4-6H,2-3,18H2,1H3. The number of hydrogen-bond donors (Lipinski definition) is 1. The molecule has 0 spiro atoms. The summed E-state index contributed by atoms with van der Waals surface area (Å²) in [5, 5.41) is 9.08. The Balaban J connectivity index is 2.60. The number of nitrogens with two attached hydrogens (primary N) is 1. The van der Waals surface area contributed by atoms with E-state index in [1.54, 1.807) is 12.1 Å². The smallest absolute Gasteiger partial charge is 0.137 e. The molecule has 0 radical (unpaired) electrons. The van der Waals surface area contributed by atoms with Gasteiger partial charge in [0.25, 0.3) is 0 Å². The highest BCUT2D eigenvalue weighted by Crippen LogP contribution is 2.40. The van der Waals surface area contributed by atoms with Crippen LogP contribution in [0.25, 0.3) is 10.4 Å². The first-order valence-corrected chi connectivity index (χ1v) is 7.46. The number of nitrogen functional groups attached to an aromatic ring is 1. The van der Waals surface area contributed by atoms with E-state index in [1.165, 1.54) is 17.4 Å². The van der Waals surface area contributed by atoms with E-state index in [9.17, 15) is 4.39 Å². The Labute approximate surface area is 123 Å². The number of hydrogen-bond acceptors (Lipinski definition) is 3. The van der Waals surface area contributed by atoms with Gasteiger partial charge in [0.15, 0.2) is 0 Å². The van der Waals surface area contributed by atoms with Crippen LogP contribution in [0.3, 0.4) is 0 Å². The van der Waals surface area contributed by atoms with Gasteiger partial charge in [-0.2, -0.15) is 5.26 Å². The molecule has 0 atom stereocenters. The van der Waals surface area contributed by atoms with Gasteiger partial charge in [0.05, 0.1) is 10.2 Å². The number of rotatable bonds is 3. The summed E-state index contributed by atoms with van der Waals surface area (Å²) >= 11 is 4.55. The second-order valence-electron chi connectivity index (χ2n) is 4.14. The molecule has 0 aliphatic carbocycles. The van der Waals surface area contributed by atoms with E-state index in [1.807, 2.05) is 0 Å². The quantitative estimate of drug-likeness (QED) is 0.879. The third-order valence-electron chi connectivity index (χ3n) is 2.83. The van der Waals surface area contributed by atoms with Crippen molar-refractivity contribution in [2.45, 2.75) is 19.8 Å². The first kappa shape index (κ1) is 14.0. The van der Waals surface area contributed by atoms with Gasteiger partial charge in [-0.25, -0.2) is 4.39 Å². The van der Waals surface area contributed by atoms with Gasteiger partial charge in [-0.3, -0.25) is 0 Å². The van der Waals surface area contributed by atoms with Gasteiger partial charge in [-0.1, -0.05) is 19.4 Å². The predicted molar refractivity (Wildman–Crippen MR) is 80.5 cm³/mol. The van der Waals surface area contributed by atoms with Crippen molar-refractivity contribution in [1.29, 1.82) is 5.26 Å². The zero-order valence-corrected chi connectivity index (χ0v) is 12.7. The lowest BCUT2D eigenvalue weighted by Crippen LogP contribution is -1.93. The summed E-state index contributed by atoms with van der Waals surface area (Å²) < 4.78 is 13.7. The Morgan fingerprint density at radius 2 is 2.21 bits per heavy atom. The number of nitriles is 1. The zero-order chi connectivity index (χ0) is 14.0. The third kappa shape index (κ3) is 2.65. The molecule has 0 fully saturated rings. The van der Waals surface area contributed by atoms with Crippen molar-refractivity contribution in [2.24, 2.45) is 0 Å². The third-order valence-corrected chi connectivity index (χ3v) is 4.64. The van der Waals surface area contributed by atoms with Crippen molar-refractivity contribution in [1.82, 2.24) is 0 Å². The number of thiophene rings is 1. The van der Waals surface area contributed by atoms with E-state index in [0.29, 0.717) is 15.0 Å². The van der Waals surface area contributed by atoms with Crippen LogP contribution in [0.5, 0.6) is 0 Å². The lowest BCUT2D eigenvalue weighted by molar-refractivity contribution is 0.621. The van der Waals surface area contributed by atoms with Crippen LogP contribution in [0.1, 0.15) is 23.8 Å². The second kappa shape index (κ2) is 5.72. The second-order valence-corrected chi connectivity index (χ2v) is 6.02. The molecule has 0 saturated heterocycles. The highest BCUT2D eigenvalue weighted by Gasteiger charge is 2.17. The van der Waals surface area contributed by atoms with E-state index >= 15 is 0 Å². The Kier molecular flexibility index (Phi) is 4.23. The Bertz CT molecular complexity index is 658. The van der Waals surface area contributed by atoms with E-state index in [4.69, 9.17) is 11.0 Å². The fourth-order valence-electron chi connectivity index (χ4n) is 1.93. The average molecular weight is 339 g/mol. The molecule has 0 bridgehead atoms. The Morgan fingerprint density at radius 1 is 1.47 bits per heavy atom. The van der Waals surface area contributed by atoms with Gasteiger partial charge in [-0.05, 0) is 45.6 Å². The number of anilines is 1. The summed E-state index contributed by atoms with van der Waals surface area (Å²) in [7, 11) is 0.